The van der Waals surface area contributed by atoms with E-state index in [2.05, 4.69) is 0 Å². The summed E-state index contributed by atoms with van der Waals surface area (Å²) in [6.07, 6.45) is 2.53. The van der Waals surface area contributed by atoms with E-state index in [0.29, 0.717) is 10.7 Å². The highest BCUT2D eigenvalue weighted by molar-refractivity contribution is 8.22. The van der Waals surface area contributed by atoms with Gasteiger partial charge in [0.15, 0.2) is 0 Å². The van der Waals surface area contributed by atoms with Crippen LogP contribution < -0.4 is 0 Å². The maximum absolute atomic E-state index is 9.93. The lowest BCUT2D eigenvalue weighted by Crippen LogP contribution is -2.19. The smallest absolute Gasteiger partial charge is 0.214 e. The standard InChI is InChI=1S/C4H7NOS2/c1-5(3-6)4(7)8-2/h3H,1-2H3. The van der Waals surface area contributed by atoms with E-state index < -0.39 is 0 Å². The zero-order chi connectivity index (χ0) is 6.57. The molecule has 0 aromatic rings. The fraction of sp³-hybridized carbons (Fsp3) is 0.500. The van der Waals surface area contributed by atoms with Crippen LogP contribution in [0.2, 0.25) is 0 Å². The molecular formula is C4H7NOS2. The monoisotopic (exact) mass is 149 g/mol. The first-order valence-electron chi connectivity index (χ1n) is 1.98. The van der Waals surface area contributed by atoms with E-state index in [1.165, 1.54) is 16.7 Å². The molecule has 1 amide bonds. The van der Waals surface area contributed by atoms with Gasteiger partial charge < -0.3 is 4.90 Å². The van der Waals surface area contributed by atoms with E-state index >= 15 is 0 Å². The molecule has 0 atom stereocenters. The van der Waals surface area contributed by atoms with Crippen molar-refractivity contribution in [3.05, 3.63) is 0 Å². The first kappa shape index (κ1) is 7.91. The Labute approximate surface area is 58.2 Å². The normalized spacial score (nSPS) is 8.25. The average molecular weight is 149 g/mol. The Morgan fingerprint density at radius 1 is 1.88 bits per heavy atom. The van der Waals surface area contributed by atoms with Crippen molar-refractivity contribution in [2.75, 3.05) is 13.3 Å². The van der Waals surface area contributed by atoms with Crippen molar-refractivity contribution in [2.24, 2.45) is 0 Å². The summed E-state index contributed by atoms with van der Waals surface area (Å²) < 4.78 is 0.597. The molecule has 0 radical (unpaired) electrons. The molecule has 0 N–H and O–H groups in total. The molecule has 0 aromatic heterocycles. The molecule has 0 saturated heterocycles. The lowest BCUT2D eigenvalue weighted by Gasteiger charge is -2.06. The highest BCUT2D eigenvalue weighted by Gasteiger charge is 1.96. The topological polar surface area (TPSA) is 20.3 Å². The SMILES string of the molecule is CSC(=S)N(C)C=O. The number of hydrogen-bond acceptors (Lipinski definition) is 3. The predicted octanol–water partition coefficient (Wildman–Crippen LogP) is 0.722. The predicted molar refractivity (Wildman–Crippen MR) is 39.9 cm³/mol. The van der Waals surface area contributed by atoms with Gasteiger partial charge in [0.1, 0.15) is 4.32 Å². The summed E-state index contributed by atoms with van der Waals surface area (Å²) in [5.74, 6) is 0. The molecule has 0 spiro atoms. The van der Waals surface area contributed by atoms with Crippen LogP contribution in [-0.4, -0.2) is 28.9 Å². The summed E-state index contributed by atoms with van der Waals surface area (Å²) >= 11 is 6.12. The highest BCUT2D eigenvalue weighted by Crippen LogP contribution is 1.98. The van der Waals surface area contributed by atoms with Crippen LogP contribution in [-0.2, 0) is 4.79 Å². The molecule has 0 unspecified atom stereocenters. The van der Waals surface area contributed by atoms with Crippen molar-refractivity contribution < 1.29 is 4.79 Å². The van der Waals surface area contributed by atoms with Crippen molar-refractivity contribution in [3.63, 3.8) is 0 Å². The third kappa shape index (κ3) is 2.28. The summed E-state index contributed by atoms with van der Waals surface area (Å²) in [7, 11) is 1.63. The zero-order valence-electron chi connectivity index (χ0n) is 4.75. The first-order valence-corrected chi connectivity index (χ1v) is 3.61. The molecule has 0 aliphatic carbocycles. The van der Waals surface area contributed by atoms with Gasteiger partial charge in [-0.05, 0) is 6.26 Å². The largest absolute Gasteiger partial charge is 0.304 e. The zero-order valence-corrected chi connectivity index (χ0v) is 6.38. The molecule has 0 fully saturated rings. The van der Waals surface area contributed by atoms with Crippen LogP contribution in [0.15, 0.2) is 0 Å². The minimum atomic E-state index is 0.597. The maximum atomic E-state index is 9.93. The Balaban J connectivity index is 3.62. The number of thiocarbonyl (C=S) groups is 1. The number of carbonyl (C=O) groups is 1. The van der Waals surface area contributed by atoms with Crippen LogP contribution in [0.5, 0.6) is 0 Å². The third-order valence-corrected chi connectivity index (χ3v) is 2.05. The lowest BCUT2D eigenvalue weighted by molar-refractivity contribution is -0.113. The van der Waals surface area contributed by atoms with Gasteiger partial charge in [-0.15, -0.1) is 0 Å². The number of thioether (sulfide) groups is 1. The number of hydrogen-bond donors (Lipinski definition) is 0. The molecular weight excluding hydrogens is 142 g/mol. The number of amides is 1. The summed E-state index contributed by atoms with van der Waals surface area (Å²) in [5.41, 5.74) is 0. The van der Waals surface area contributed by atoms with E-state index in [1.54, 1.807) is 7.05 Å². The van der Waals surface area contributed by atoms with Crippen LogP contribution in [0.4, 0.5) is 0 Å². The van der Waals surface area contributed by atoms with Crippen molar-refractivity contribution >= 4 is 34.7 Å². The molecule has 4 heteroatoms. The van der Waals surface area contributed by atoms with Crippen molar-refractivity contribution in [3.8, 4) is 0 Å². The maximum Gasteiger partial charge on any atom is 0.214 e. The summed E-state index contributed by atoms with van der Waals surface area (Å²) in [4.78, 5) is 11.3. The number of nitrogens with zero attached hydrogens (tertiary/aromatic N) is 1. The van der Waals surface area contributed by atoms with Gasteiger partial charge in [0, 0.05) is 7.05 Å². The molecule has 8 heavy (non-hydrogen) atoms. The van der Waals surface area contributed by atoms with Gasteiger partial charge in [0.25, 0.3) is 0 Å². The fourth-order valence-corrected chi connectivity index (χ4v) is 0.561. The second-order valence-corrected chi connectivity index (χ2v) is 2.63. The molecule has 0 aliphatic rings. The van der Waals surface area contributed by atoms with Crippen LogP contribution in [0.1, 0.15) is 0 Å². The van der Waals surface area contributed by atoms with E-state index in [-0.39, 0.29) is 0 Å². The molecule has 0 rings (SSSR count). The van der Waals surface area contributed by atoms with Gasteiger partial charge in [0.2, 0.25) is 6.41 Å². The highest BCUT2D eigenvalue weighted by atomic mass is 32.2. The van der Waals surface area contributed by atoms with E-state index in [1.807, 2.05) is 6.26 Å². The Bertz CT molecular complexity index is 104. The molecule has 0 bridgehead atoms. The summed E-state index contributed by atoms with van der Waals surface area (Å²) in [6.45, 7) is 0. The fourth-order valence-electron chi connectivity index (χ4n) is 0.187. The molecule has 2 nitrogen and oxygen atoms in total. The van der Waals surface area contributed by atoms with Crippen LogP contribution in [0.25, 0.3) is 0 Å². The van der Waals surface area contributed by atoms with Gasteiger partial charge in [-0.2, -0.15) is 0 Å². The summed E-state index contributed by atoms with van der Waals surface area (Å²) in [6, 6.07) is 0. The Kier molecular flexibility index (Phi) is 3.81. The van der Waals surface area contributed by atoms with E-state index in [4.69, 9.17) is 12.2 Å². The van der Waals surface area contributed by atoms with Gasteiger partial charge in [-0.3, -0.25) is 4.79 Å². The van der Waals surface area contributed by atoms with Crippen molar-refractivity contribution in [1.29, 1.82) is 0 Å². The van der Waals surface area contributed by atoms with E-state index in [9.17, 15) is 4.79 Å². The molecule has 0 heterocycles. The minimum absolute atomic E-state index is 0.597. The third-order valence-electron chi connectivity index (χ3n) is 0.621. The molecule has 0 aliphatic heterocycles. The van der Waals surface area contributed by atoms with Gasteiger partial charge in [-0.1, -0.05) is 24.0 Å². The molecule has 0 saturated carbocycles. The summed E-state index contributed by atoms with van der Waals surface area (Å²) in [5, 5.41) is 0. The Hall–Kier alpha value is -0.0900. The molecule has 46 valence electrons. The Morgan fingerprint density at radius 3 is 2.50 bits per heavy atom. The van der Waals surface area contributed by atoms with E-state index in [0.717, 1.165) is 0 Å². The van der Waals surface area contributed by atoms with Crippen LogP contribution in [0.3, 0.4) is 0 Å². The average Bonchev–Trinajstić information content (AvgIpc) is 1.84. The van der Waals surface area contributed by atoms with Crippen molar-refractivity contribution in [1.82, 2.24) is 4.90 Å². The first-order chi connectivity index (χ1) is 3.72. The lowest BCUT2D eigenvalue weighted by atomic mass is 11.0. The Morgan fingerprint density at radius 2 is 2.38 bits per heavy atom. The number of rotatable bonds is 1. The second-order valence-electron chi connectivity index (χ2n) is 1.19. The minimum Gasteiger partial charge on any atom is -0.304 e. The van der Waals surface area contributed by atoms with Gasteiger partial charge in [0.05, 0.1) is 0 Å². The number of carbonyl (C=O) groups excluding carboxylic acids is 1. The van der Waals surface area contributed by atoms with Crippen LogP contribution >= 0.6 is 24.0 Å². The van der Waals surface area contributed by atoms with Crippen LogP contribution in [0, 0.1) is 0 Å². The van der Waals surface area contributed by atoms with Crippen molar-refractivity contribution in [2.45, 2.75) is 0 Å². The molecule has 0 aromatic carbocycles. The van der Waals surface area contributed by atoms with Gasteiger partial charge in [-0.25, -0.2) is 0 Å². The second kappa shape index (κ2) is 3.86. The quantitative estimate of drug-likeness (QED) is 0.405. The van der Waals surface area contributed by atoms with Gasteiger partial charge >= 0.3 is 0 Å².